The Hall–Kier alpha value is -1.01. The second-order valence-electron chi connectivity index (χ2n) is 5.83. The molecule has 0 bridgehead atoms. The molecule has 1 aromatic rings. The molecule has 0 radical (unpaired) electrons. The first kappa shape index (κ1) is 13.9. The quantitative estimate of drug-likeness (QED) is 0.648. The van der Waals surface area contributed by atoms with Gasteiger partial charge in [-0.25, -0.2) is 0 Å². The molecule has 3 heterocycles. The van der Waals surface area contributed by atoms with Gasteiger partial charge in [0.25, 0.3) is 0 Å². The molecule has 2 aliphatic heterocycles. The summed E-state index contributed by atoms with van der Waals surface area (Å²) < 4.78 is 11.6. The SMILES string of the molecule is NNC(c1cccnc1)C1CCOC2(CCOCC2)C1. The highest BCUT2D eigenvalue weighted by molar-refractivity contribution is 5.15. The maximum Gasteiger partial charge on any atom is 0.0729 e. The number of rotatable bonds is 3. The van der Waals surface area contributed by atoms with Crippen LogP contribution in [0.15, 0.2) is 24.5 Å². The van der Waals surface area contributed by atoms with Crippen molar-refractivity contribution in [3.05, 3.63) is 30.1 Å². The zero-order valence-corrected chi connectivity index (χ0v) is 11.8. The average molecular weight is 277 g/mol. The van der Waals surface area contributed by atoms with Crippen LogP contribution in [-0.2, 0) is 9.47 Å². The summed E-state index contributed by atoms with van der Waals surface area (Å²) in [4.78, 5) is 4.21. The summed E-state index contributed by atoms with van der Waals surface area (Å²) in [6.07, 6.45) is 7.76. The van der Waals surface area contributed by atoms with Gasteiger partial charge in [0.15, 0.2) is 0 Å². The van der Waals surface area contributed by atoms with E-state index in [1.54, 1.807) is 6.20 Å². The third kappa shape index (κ3) is 2.86. The third-order valence-electron chi connectivity index (χ3n) is 4.63. The Balaban J connectivity index is 1.75. The van der Waals surface area contributed by atoms with Gasteiger partial charge in [0.1, 0.15) is 0 Å². The van der Waals surface area contributed by atoms with Crippen molar-refractivity contribution in [1.29, 1.82) is 0 Å². The summed E-state index contributed by atoms with van der Waals surface area (Å²) in [5.74, 6) is 6.29. The van der Waals surface area contributed by atoms with Crippen LogP contribution >= 0.6 is 0 Å². The van der Waals surface area contributed by atoms with E-state index < -0.39 is 0 Å². The zero-order chi connectivity index (χ0) is 13.8. The summed E-state index contributed by atoms with van der Waals surface area (Å²) in [6.45, 7) is 2.42. The largest absolute Gasteiger partial charge is 0.381 e. The lowest BCUT2D eigenvalue weighted by molar-refractivity contribution is -0.150. The number of hydrazine groups is 1. The van der Waals surface area contributed by atoms with Crippen molar-refractivity contribution in [3.63, 3.8) is 0 Å². The number of ether oxygens (including phenoxy) is 2. The number of pyridine rings is 1. The Morgan fingerprint density at radius 1 is 1.35 bits per heavy atom. The molecule has 20 heavy (non-hydrogen) atoms. The molecular weight excluding hydrogens is 254 g/mol. The minimum atomic E-state index is -0.00151. The summed E-state index contributed by atoms with van der Waals surface area (Å²) in [5.41, 5.74) is 4.14. The Bertz CT molecular complexity index is 415. The topological polar surface area (TPSA) is 69.4 Å². The summed E-state index contributed by atoms with van der Waals surface area (Å²) in [7, 11) is 0. The Morgan fingerprint density at radius 2 is 2.20 bits per heavy atom. The lowest BCUT2D eigenvalue weighted by Crippen LogP contribution is -2.47. The minimum absolute atomic E-state index is 0.00151. The summed E-state index contributed by atoms with van der Waals surface area (Å²) in [6, 6.07) is 4.19. The molecule has 0 saturated carbocycles. The number of hydrogen-bond donors (Lipinski definition) is 2. The van der Waals surface area contributed by atoms with Crippen LogP contribution in [-0.4, -0.2) is 30.4 Å². The molecule has 0 aromatic carbocycles. The fourth-order valence-corrected chi connectivity index (χ4v) is 3.51. The number of nitrogens with two attached hydrogens (primary N) is 1. The van der Waals surface area contributed by atoms with E-state index in [2.05, 4.69) is 16.5 Å². The maximum atomic E-state index is 6.10. The van der Waals surface area contributed by atoms with Gasteiger partial charge >= 0.3 is 0 Å². The van der Waals surface area contributed by atoms with E-state index in [9.17, 15) is 0 Å². The van der Waals surface area contributed by atoms with Gasteiger partial charge < -0.3 is 9.47 Å². The van der Waals surface area contributed by atoms with Gasteiger partial charge in [0.05, 0.1) is 11.6 Å². The van der Waals surface area contributed by atoms with Crippen LogP contribution in [0.2, 0.25) is 0 Å². The van der Waals surface area contributed by atoms with E-state index >= 15 is 0 Å². The van der Waals surface area contributed by atoms with Crippen LogP contribution in [0.25, 0.3) is 0 Å². The summed E-state index contributed by atoms with van der Waals surface area (Å²) >= 11 is 0. The van der Waals surface area contributed by atoms with Gasteiger partial charge in [0, 0.05) is 32.2 Å². The lowest BCUT2D eigenvalue weighted by Gasteiger charge is -2.45. The first-order valence-corrected chi connectivity index (χ1v) is 7.41. The Labute approximate surface area is 119 Å². The van der Waals surface area contributed by atoms with Gasteiger partial charge in [-0.1, -0.05) is 6.07 Å². The van der Waals surface area contributed by atoms with Gasteiger partial charge in [-0.15, -0.1) is 0 Å². The zero-order valence-electron chi connectivity index (χ0n) is 11.8. The van der Waals surface area contributed by atoms with E-state index in [-0.39, 0.29) is 11.6 Å². The molecule has 3 N–H and O–H groups in total. The molecule has 2 fully saturated rings. The second-order valence-corrected chi connectivity index (χ2v) is 5.83. The second kappa shape index (κ2) is 6.18. The molecule has 5 heteroatoms. The third-order valence-corrected chi connectivity index (χ3v) is 4.63. The highest BCUT2D eigenvalue weighted by Crippen LogP contribution is 2.41. The van der Waals surface area contributed by atoms with E-state index in [0.717, 1.165) is 51.1 Å². The highest BCUT2D eigenvalue weighted by atomic mass is 16.5. The number of nitrogens with one attached hydrogen (secondary N) is 1. The summed E-state index contributed by atoms with van der Waals surface area (Å²) in [5, 5.41) is 0. The molecule has 2 atom stereocenters. The standard InChI is InChI=1S/C15H23N3O2/c16-18-14(13-2-1-6-17-11-13)12-3-7-20-15(10-12)4-8-19-9-5-15/h1-2,6,11-12,14,18H,3-5,7-10,16H2. The van der Waals surface area contributed by atoms with Crippen molar-refractivity contribution in [3.8, 4) is 0 Å². The molecule has 1 spiro atoms. The minimum Gasteiger partial charge on any atom is -0.381 e. The number of nitrogens with zero attached hydrogens (tertiary/aromatic N) is 1. The molecule has 1 aromatic heterocycles. The van der Waals surface area contributed by atoms with Crippen molar-refractivity contribution in [2.75, 3.05) is 19.8 Å². The van der Waals surface area contributed by atoms with E-state index in [4.69, 9.17) is 15.3 Å². The van der Waals surface area contributed by atoms with Crippen LogP contribution in [0, 0.1) is 5.92 Å². The first-order valence-electron chi connectivity index (χ1n) is 7.41. The monoisotopic (exact) mass is 277 g/mol. The molecule has 0 aliphatic carbocycles. The number of aromatic nitrogens is 1. The molecule has 3 rings (SSSR count). The molecule has 110 valence electrons. The van der Waals surface area contributed by atoms with Gasteiger partial charge in [-0.05, 0) is 43.2 Å². The van der Waals surface area contributed by atoms with Crippen LogP contribution < -0.4 is 11.3 Å². The fourth-order valence-electron chi connectivity index (χ4n) is 3.51. The predicted molar refractivity (Wildman–Crippen MR) is 75.8 cm³/mol. The van der Waals surface area contributed by atoms with Crippen LogP contribution in [0.1, 0.15) is 37.3 Å². The molecule has 0 amide bonds. The van der Waals surface area contributed by atoms with E-state index in [1.807, 2.05) is 12.3 Å². The average Bonchev–Trinajstić information content (AvgIpc) is 2.50. The van der Waals surface area contributed by atoms with Crippen molar-refractivity contribution in [2.45, 2.75) is 37.3 Å². The predicted octanol–water partition coefficient (Wildman–Crippen LogP) is 1.56. The lowest BCUT2D eigenvalue weighted by atomic mass is 9.76. The van der Waals surface area contributed by atoms with E-state index in [0.29, 0.717) is 5.92 Å². The first-order chi connectivity index (χ1) is 9.83. The fraction of sp³-hybridized carbons (Fsp3) is 0.667. The normalized spacial score (nSPS) is 27.4. The smallest absolute Gasteiger partial charge is 0.0729 e. The maximum absolute atomic E-state index is 6.10. The van der Waals surface area contributed by atoms with Crippen molar-refractivity contribution < 1.29 is 9.47 Å². The van der Waals surface area contributed by atoms with Gasteiger partial charge in [-0.3, -0.25) is 16.3 Å². The van der Waals surface area contributed by atoms with Crippen molar-refractivity contribution in [1.82, 2.24) is 10.4 Å². The van der Waals surface area contributed by atoms with Crippen molar-refractivity contribution in [2.24, 2.45) is 11.8 Å². The van der Waals surface area contributed by atoms with Gasteiger partial charge in [0.2, 0.25) is 0 Å². The molecule has 2 unspecified atom stereocenters. The number of hydrogen-bond acceptors (Lipinski definition) is 5. The van der Waals surface area contributed by atoms with Crippen LogP contribution in [0.3, 0.4) is 0 Å². The molecular formula is C15H23N3O2. The Morgan fingerprint density at radius 3 is 2.90 bits per heavy atom. The molecule has 2 aliphatic rings. The molecule has 5 nitrogen and oxygen atoms in total. The van der Waals surface area contributed by atoms with Crippen LogP contribution in [0.5, 0.6) is 0 Å². The van der Waals surface area contributed by atoms with Crippen molar-refractivity contribution >= 4 is 0 Å². The highest BCUT2D eigenvalue weighted by Gasteiger charge is 2.41. The van der Waals surface area contributed by atoms with Crippen LogP contribution in [0.4, 0.5) is 0 Å². The van der Waals surface area contributed by atoms with E-state index in [1.165, 1.54) is 0 Å². The Kier molecular flexibility index (Phi) is 4.31. The molecule has 2 saturated heterocycles. The van der Waals surface area contributed by atoms with Gasteiger partial charge in [-0.2, -0.15) is 0 Å².